The summed E-state index contributed by atoms with van der Waals surface area (Å²) in [5.41, 5.74) is 4.87. The number of aryl methyl sites for hydroxylation is 1. The molecule has 0 aliphatic heterocycles. The Morgan fingerprint density at radius 3 is 1.88 bits per heavy atom. The molecule has 1 aliphatic carbocycles. The lowest BCUT2D eigenvalue weighted by Crippen LogP contribution is -2.38. The van der Waals surface area contributed by atoms with Gasteiger partial charge in [-0.15, -0.1) is 0 Å². The summed E-state index contributed by atoms with van der Waals surface area (Å²) in [6, 6.07) is 23.4. The maximum Gasteiger partial charge on any atom is 0.508 e. The summed E-state index contributed by atoms with van der Waals surface area (Å²) < 4.78 is 16.3. The minimum absolute atomic E-state index is 0.00256. The lowest BCUT2D eigenvalue weighted by molar-refractivity contribution is 0.0219. The highest BCUT2D eigenvalue weighted by Gasteiger charge is 2.45. The maximum absolute atomic E-state index is 12.9. The van der Waals surface area contributed by atoms with Crippen LogP contribution in [0.4, 0.5) is 4.79 Å². The topological polar surface area (TPSA) is 61.8 Å². The SMILES string of the molecule is CCCc1ccc(C(=O)OCC2(COC(=O)OCC)c3ccccc3-c3ccccc32)cc1. The molecule has 0 saturated heterocycles. The zero-order valence-corrected chi connectivity index (χ0v) is 19.0. The molecule has 5 nitrogen and oxygen atoms in total. The van der Waals surface area contributed by atoms with Gasteiger partial charge in [0.1, 0.15) is 13.2 Å². The van der Waals surface area contributed by atoms with Crippen molar-refractivity contribution >= 4 is 12.1 Å². The second kappa shape index (κ2) is 9.90. The van der Waals surface area contributed by atoms with Crippen LogP contribution in [0.2, 0.25) is 0 Å². The van der Waals surface area contributed by atoms with Gasteiger partial charge in [0.15, 0.2) is 0 Å². The molecule has 1 aliphatic rings. The van der Waals surface area contributed by atoms with Gasteiger partial charge < -0.3 is 14.2 Å². The van der Waals surface area contributed by atoms with E-state index in [1.54, 1.807) is 19.1 Å². The zero-order chi connectivity index (χ0) is 23.3. The molecule has 33 heavy (non-hydrogen) atoms. The summed E-state index contributed by atoms with van der Waals surface area (Å²) in [5.74, 6) is -0.407. The molecular formula is C28H28O5. The number of benzene rings is 3. The molecule has 0 saturated carbocycles. The van der Waals surface area contributed by atoms with E-state index in [0.29, 0.717) is 5.56 Å². The molecule has 0 fully saturated rings. The van der Waals surface area contributed by atoms with Gasteiger partial charge in [-0.2, -0.15) is 0 Å². The number of hydrogen-bond acceptors (Lipinski definition) is 5. The van der Waals surface area contributed by atoms with Gasteiger partial charge >= 0.3 is 12.1 Å². The molecule has 0 bridgehead atoms. The Hall–Kier alpha value is -3.60. The number of fused-ring (bicyclic) bond motifs is 3. The summed E-state index contributed by atoms with van der Waals surface area (Å²) >= 11 is 0. The fraction of sp³-hybridized carbons (Fsp3) is 0.286. The summed E-state index contributed by atoms with van der Waals surface area (Å²) in [7, 11) is 0. The van der Waals surface area contributed by atoms with Gasteiger partial charge in [-0.05, 0) is 53.3 Å². The van der Waals surface area contributed by atoms with E-state index >= 15 is 0 Å². The molecule has 3 aromatic carbocycles. The second-order valence-corrected chi connectivity index (χ2v) is 8.17. The Morgan fingerprint density at radius 1 is 0.727 bits per heavy atom. The van der Waals surface area contributed by atoms with Crippen molar-refractivity contribution in [1.29, 1.82) is 0 Å². The van der Waals surface area contributed by atoms with Crippen LogP contribution in [0, 0.1) is 0 Å². The molecule has 0 heterocycles. The van der Waals surface area contributed by atoms with Gasteiger partial charge in [0, 0.05) is 0 Å². The highest BCUT2D eigenvalue weighted by Crippen LogP contribution is 2.49. The van der Waals surface area contributed by atoms with Crippen molar-refractivity contribution in [2.24, 2.45) is 0 Å². The third-order valence-corrected chi connectivity index (χ3v) is 6.05. The van der Waals surface area contributed by atoms with Crippen molar-refractivity contribution in [3.63, 3.8) is 0 Å². The number of carbonyl (C=O) groups is 2. The quantitative estimate of drug-likeness (QED) is 0.403. The molecule has 0 N–H and O–H groups in total. The molecule has 0 amide bonds. The van der Waals surface area contributed by atoms with Crippen LogP contribution in [0.15, 0.2) is 72.8 Å². The highest BCUT2D eigenvalue weighted by atomic mass is 16.7. The van der Waals surface area contributed by atoms with E-state index in [2.05, 4.69) is 6.92 Å². The molecule has 5 heteroatoms. The lowest BCUT2D eigenvalue weighted by atomic mass is 9.79. The van der Waals surface area contributed by atoms with Gasteiger partial charge in [0.25, 0.3) is 0 Å². The zero-order valence-electron chi connectivity index (χ0n) is 19.0. The van der Waals surface area contributed by atoms with Crippen molar-refractivity contribution in [3.8, 4) is 11.1 Å². The normalized spacial score (nSPS) is 13.0. The summed E-state index contributed by atoms with van der Waals surface area (Å²) in [6.45, 7) is 4.11. The summed E-state index contributed by atoms with van der Waals surface area (Å²) in [4.78, 5) is 25.0. The fourth-order valence-electron chi connectivity index (χ4n) is 4.48. The van der Waals surface area contributed by atoms with Crippen molar-refractivity contribution in [1.82, 2.24) is 0 Å². The Labute approximate surface area is 194 Å². The molecular weight excluding hydrogens is 416 g/mol. The van der Waals surface area contributed by atoms with Crippen LogP contribution in [0.5, 0.6) is 0 Å². The largest absolute Gasteiger partial charge is 0.508 e. The fourth-order valence-corrected chi connectivity index (χ4v) is 4.48. The minimum Gasteiger partial charge on any atom is -0.461 e. The molecule has 170 valence electrons. The number of hydrogen-bond donors (Lipinski definition) is 0. The van der Waals surface area contributed by atoms with E-state index in [1.807, 2.05) is 60.7 Å². The van der Waals surface area contributed by atoms with Gasteiger partial charge in [-0.3, -0.25) is 0 Å². The van der Waals surface area contributed by atoms with Crippen LogP contribution in [0.1, 0.15) is 47.3 Å². The average molecular weight is 445 g/mol. The van der Waals surface area contributed by atoms with E-state index in [-0.39, 0.29) is 19.8 Å². The standard InChI is InChI=1S/C28H28O5/c1-3-9-20-14-16-21(17-15-20)26(29)32-18-28(19-33-27(30)31-4-2)24-12-7-5-10-22(24)23-11-6-8-13-25(23)28/h5-8,10-17H,3-4,9,18-19H2,1-2H3. The maximum atomic E-state index is 12.9. The van der Waals surface area contributed by atoms with Crippen LogP contribution in [0.3, 0.4) is 0 Å². The van der Waals surface area contributed by atoms with E-state index in [9.17, 15) is 9.59 Å². The predicted octanol–water partition coefficient (Wildman–Crippen LogP) is 5.94. The van der Waals surface area contributed by atoms with Crippen LogP contribution in [0.25, 0.3) is 11.1 Å². The Kier molecular flexibility index (Phi) is 6.78. The van der Waals surface area contributed by atoms with E-state index in [4.69, 9.17) is 14.2 Å². The smallest absolute Gasteiger partial charge is 0.461 e. The van der Waals surface area contributed by atoms with E-state index < -0.39 is 17.5 Å². The highest BCUT2D eigenvalue weighted by molar-refractivity contribution is 5.90. The first kappa shape index (κ1) is 22.6. The molecule has 3 aromatic rings. The Morgan fingerprint density at radius 2 is 1.30 bits per heavy atom. The van der Waals surface area contributed by atoms with Crippen molar-refractivity contribution < 1.29 is 23.8 Å². The van der Waals surface area contributed by atoms with Crippen LogP contribution < -0.4 is 0 Å². The Balaban J connectivity index is 1.65. The predicted molar refractivity (Wildman–Crippen MR) is 126 cm³/mol. The Bertz CT molecular complexity index is 1090. The molecule has 4 rings (SSSR count). The first-order valence-corrected chi connectivity index (χ1v) is 11.3. The van der Waals surface area contributed by atoms with Gasteiger partial charge in [0.05, 0.1) is 17.6 Å². The third kappa shape index (κ3) is 4.49. The van der Waals surface area contributed by atoms with Gasteiger partial charge in [-0.25, -0.2) is 9.59 Å². The minimum atomic E-state index is -0.822. The first-order valence-electron chi connectivity index (χ1n) is 11.3. The van der Waals surface area contributed by atoms with Gasteiger partial charge in [0.2, 0.25) is 0 Å². The number of esters is 1. The lowest BCUT2D eigenvalue weighted by Gasteiger charge is -2.30. The first-order chi connectivity index (χ1) is 16.1. The molecule has 0 radical (unpaired) electrons. The summed E-state index contributed by atoms with van der Waals surface area (Å²) in [6.07, 6.45) is 1.28. The van der Waals surface area contributed by atoms with Crippen LogP contribution in [-0.2, 0) is 26.0 Å². The third-order valence-electron chi connectivity index (χ3n) is 6.05. The average Bonchev–Trinajstić information content (AvgIpc) is 3.12. The second-order valence-electron chi connectivity index (χ2n) is 8.17. The van der Waals surface area contributed by atoms with Crippen LogP contribution >= 0.6 is 0 Å². The monoisotopic (exact) mass is 444 g/mol. The number of carbonyl (C=O) groups excluding carboxylic acids is 2. The van der Waals surface area contributed by atoms with Crippen LogP contribution in [-0.4, -0.2) is 31.9 Å². The molecule has 0 atom stereocenters. The van der Waals surface area contributed by atoms with Crippen molar-refractivity contribution in [3.05, 3.63) is 95.1 Å². The molecule has 0 unspecified atom stereocenters. The van der Waals surface area contributed by atoms with E-state index in [1.165, 1.54) is 5.56 Å². The van der Waals surface area contributed by atoms with E-state index in [0.717, 1.165) is 35.1 Å². The number of rotatable bonds is 8. The van der Waals surface area contributed by atoms with Crippen molar-refractivity contribution in [2.75, 3.05) is 19.8 Å². The summed E-state index contributed by atoms with van der Waals surface area (Å²) in [5, 5.41) is 0. The molecule has 0 aromatic heterocycles. The number of ether oxygens (including phenoxy) is 3. The molecule has 0 spiro atoms. The van der Waals surface area contributed by atoms with Crippen molar-refractivity contribution in [2.45, 2.75) is 32.1 Å². The van der Waals surface area contributed by atoms with Gasteiger partial charge in [-0.1, -0.05) is 74.0 Å².